The number of benzene rings is 1. The van der Waals surface area contributed by atoms with Crippen LogP contribution in [0.15, 0.2) is 24.3 Å². The van der Waals surface area contributed by atoms with Gasteiger partial charge in [0.1, 0.15) is 17.9 Å². The van der Waals surface area contributed by atoms with Crippen molar-refractivity contribution in [3.8, 4) is 0 Å². The average Bonchev–Trinajstić information content (AvgIpc) is 2.95. The summed E-state index contributed by atoms with van der Waals surface area (Å²) in [7, 11) is 0. The summed E-state index contributed by atoms with van der Waals surface area (Å²) in [4.78, 5) is 39.7. The number of nitrogens with zero attached hydrogens (tertiary/aromatic N) is 1. The minimum absolute atomic E-state index is 0.0592. The van der Waals surface area contributed by atoms with Gasteiger partial charge in [0.05, 0.1) is 0 Å². The molecular formula is C23H32FN3O3. The first-order valence-corrected chi connectivity index (χ1v) is 11.0. The molecule has 4 atom stereocenters. The molecular weight excluding hydrogens is 385 g/mol. The van der Waals surface area contributed by atoms with Crippen molar-refractivity contribution in [2.75, 3.05) is 6.54 Å². The van der Waals surface area contributed by atoms with Gasteiger partial charge in [0, 0.05) is 6.04 Å². The van der Waals surface area contributed by atoms with E-state index in [-0.39, 0.29) is 18.5 Å². The molecule has 0 bridgehead atoms. The Hall–Kier alpha value is -2.44. The lowest BCUT2D eigenvalue weighted by molar-refractivity contribution is -0.135. The molecule has 4 amide bonds. The predicted molar refractivity (Wildman–Crippen MR) is 112 cm³/mol. The second-order valence-electron chi connectivity index (χ2n) is 8.78. The molecule has 6 nitrogen and oxygen atoms in total. The van der Waals surface area contributed by atoms with Gasteiger partial charge in [-0.3, -0.25) is 14.5 Å². The first kappa shape index (κ1) is 22.2. The lowest BCUT2D eigenvalue weighted by atomic mass is 9.78. The third kappa shape index (κ3) is 4.35. The molecule has 2 fully saturated rings. The SMILES string of the molecule is CCCC[C@]1(c2ccc(F)cc2)NC(=O)N(CC(=O)N[C@@H]2CCC[C@H](C)[C@@H]2C)C1=O. The number of carbonyl (C=O) groups excluding carboxylic acids is 3. The zero-order chi connectivity index (χ0) is 21.9. The number of hydrogen-bond acceptors (Lipinski definition) is 3. The van der Waals surface area contributed by atoms with Crippen molar-refractivity contribution >= 4 is 17.8 Å². The topological polar surface area (TPSA) is 78.5 Å². The fraction of sp³-hybridized carbons (Fsp3) is 0.609. The van der Waals surface area contributed by atoms with Gasteiger partial charge in [0.25, 0.3) is 5.91 Å². The molecule has 1 heterocycles. The molecule has 2 N–H and O–H groups in total. The number of nitrogens with one attached hydrogen (secondary N) is 2. The van der Waals surface area contributed by atoms with Crippen LogP contribution in [0, 0.1) is 17.7 Å². The fourth-order valence-corrected chi connectivity index (χ4v) is 4.64. The second-order valence-corrected chi connectivity index (χ2v) is 8.78. The number of imide groups is 1. The third-order valence-corrected chi connectivity index (χ3v) is 6.77. The van der Waals surface area contributed by atoms with Gasteiger partial charge in [-0.2, -0.15) is 0 Å². The largest absolute Gasteiger partial charge is 0.352 e. The number of unbranched alkanes of at least 4 members (excludes halogenated alkanes) is 1. The number of carbonyl (C=O) groups is 3. The lowest BCUT2D eigenvalue weighted by Crippen LogP contribution is -2.49. The van der Waals surface area contributed by atoms with Crippen LogP contribution in [0.3, 0.4) is 0 Å². The van der Waals surface area contributed by atoms with Crippen molar-refractivity contribution in [3.63, 3.8) is 0 Å². The zero-order valence-corrected chi connectivity index (χ0v) is 18.0. The van der Waals surface area contributed by atoms with Crippen LogP contribution in [0.25, 0.3) is 0 Å². The monoisotopic (exact) mass is 417 g/mol. The summed E-state index contributed by atoms with van der Waals surface area (Å²) in [6.07, 6.45) is 5.07. The summed E-state index contributed by atoms with van der Waals surface area (Å²) in [6.45, 7) is 6.01. The van der Waals surface area contributed by atoms with Gasteiger partial charge in [-0.05, 0) is 42.4 Å². The first-order chi connectivity index (χ1) is 14.3. The Bertz CT molecular complexity index is 797. The maximum absolute atomic E-state index is 13.4. The van der Waals surface area contributed by atoms with Crippen LogP contribution in [-0.2, 0) is 15.1 Å². The quantitative estimate of drug-likeness (QED) is 0.664. The number of halogens is 1. The van der Waals surface area contributed by atoms with Crippen LogP contribution < -0.4 is 10.6 Å². The van der Waals surface area contributed by atoms with E-state index in [2.05, 4.69) is 24.5 Å². The predicted octanol–water partition coefficient (Wildman–Crippen LogP) is 3.70. The summed E-state index contributed by atoms with van der Waals surface area (Å²) in [5, 5.41) is 5.82. The first-order valence-electron chi connectivity index (χ1n) is 11.0. The van der Waals surface area contributed by atoms with E-state index in [0.717, 1.165) is 30.6 Å². The molecule has 0 unspecified atom stereocenters. The summed E-state index contributed by atoms with van der Waals surface area (Å²) >= 11 is 0. The molecule has 1 saturated carbocycles. The maximum atomic E-state index is 13.4. The van der Waals surface area contributed by atoms with Crippen LogP contribution in [0.1, 0.15) is 64.9 Å². The van der Waals surface area contributed by atoms with Gasteiger partial charge in [0.2, 0.25) is 5.91 Å². The van der Waals surface area contributed by atoms with E-state index in [0.29, 0.717) is 30.2 Å². The van der Waals surface area contributed by atoms with E-state index in [9.17, 15) is 18.8 Å². The molecule has 1 saturated heterocycles. The van der Waals surface area contributed by atoms with E-state index < -0.39 is 23.3 Å². The minimum atomic E-state index is -1.26. The van der Waals surface area contributed by atoms with E-state index in [4.69, 9.17) is 0 Å². The molecule has 0 radical (unpaired) electrons. The molecule has 0 aromatic heterocycles. The molecule has 7 heteroatoms. The number of amides is 4. The van der Waals surface area contributed by atoms with Gasteiger partial charge in [-0.1, -0.05) is 58.6 Å². The Kier molecular flexibility index (Phi) is 6.78. The number of rotatable bonds is 7. The summed E-state index contributed by atoms with van der Waals surface area (Å²) < 4.78 is 13.4. The van der Waals surface area contributed by atoms with Gasteiger partial charge in [0.15, 0.2) is 0 Å². The van der Waals surface area contributed by atoms with E-state index in [1.807, 2.05) is 6.92 Å². The minimum Gasteiger partial charge on any atom is -0.352 e. The van der Waals surface area contributed by atoms with Gasteiger partial charge in [-0.25, -0.2) is 9.18 Å². The summed E-state index contributed by atoms with van der Waals surface area (Å²) in [5.74, 6) is -0.301. The van der Waals surface area contributed by atoms with Crippen LogP contribution >= 0.6 is 0 Å². The van der Waals surface area contributed by atoms with Gasteiger partial charge >= 0.3 is 6.03 Å². The number of hydrogen-bond donors (Lipinski definition) is 2. The van der Waals surface area contributed by atoms with Crippen molar-refractivity contribution in [3.05, 3.63) is 35.6 Å². The van der Waals surface area contributed by atoms with Crippen LogP contribution in [0.4, 0.5) is 9.18 Å². The third-order valence-electron chi connectivity index (χ3n) is 6.77. The van der Waals surface area contributed by atoms with E-state index >= 15 is 0 Å². The second kappa shape index (κ2) is 9.14. The summed E-state index contributed by atoms with van der Waals surface area (Å²) in [5.41, 5.74) is -0.721. The Morgan fingerprint density at radius 2 is 1.93 bits per heavy atom. The highest BCUT2D eigenvalue weighted by Crippen LogP contribution is 2.34. The van der Waals surface area contributed by atoms with Crippen LogP contribution in [-0.4, -0.2) is 35.3 Å². The Labute approximate surface area is 177 Å². The molecule has 3 rings (SSSR count). The molecule has 1 aliphatic carbocycles. The highest BCUT2D eigenvalue weighted by Gasteiger charge is 2.52. The smallest absolute Gasteiger partial charge is 0.325 e. The standard InChI is InChI=1S/C23H32FN3O3/c1-4-5-13-23(17-9-11-18(24)12-10-17)21(29)27(22(30)26-23)14-20(28)25-19-8-6-7-15(2)16(19)3/h9-12,15-16,19H,4-8,13-14H2,1-3H3,(H,25,28)(H,26,30)/t15-,16-,19+,23+/m0/s1. The van der Waals surface area contributed by atoms with Gasteiger partial charge in [-0.15, -0.1) is 0 Å². The summed E-state index contributed by atoms with van der Waals surface area (Å²) in [6, 6.07) is 5.09. The van der Waals surface area contributed by atoms with E-state index in [1.165, 1.54) is 24.3 Å². The molecule has 164 valence electrons. The molecule has 1 aliphatic heterocycles. The van der Waals surface area contributed by atoms with Crippen LogP contribution in [0.5, 0.6) is 0 Å². The fourth-order valence-electron chi connectivity index (χ4n) is 4.64. The molecule has 2 aliphatic rings. The Morgan fingerprint density at radius 1 is 1.23 bits per heavy atom. The van der Waals surface area contributed by atoms with Crippen molar-refractivity contribution in [2.24, 2.45) is 11.8 Å². The zero-order valence-electron chi connectivity index (χ0n) is 18.0. The molecule has 30 heavy (non-hydrogen) atoms. The molecule has 1 aromatic rings. The van der Waals surface area contributed by atoms with Gasteiger partial charge < -0.3 is 10.6 Å². The highest BCUT2D eigenvalue weighted by molar-refractivity contribution is 6.09. The van der Waals surface area contributed by atoms with Crippen molar-refractivity contribution in [1.82, 2.24) is 15.5 Å². The lowest BCUT2D eigenvalue weighted by Gasteiger charge is -2.34. The van der Waals surface area contributed by atoms with Crippen molar-refractivity contribution < 1.29 is 18.8 Å². The average molecular weight is 418 g/mol. The molecule has 1 aromatic carbocycles. The van der Waals surface area contributed by atoms with Crippen LogP contribution in [0.2, 0.25) is 0 Å². The van der Waals surface area contributed by atoms with E-state index in [1.54, 1.807) is 0 Å². The normalized spacial score (nSPS) is 29.1. The Balaban J connectivity index is 1.76. The van der Waals surface area contributed by atoms with Crippen molar-refractivity contribution in [2.45, 2.75) is 70.9 Å². The highest BCUT2D eigenvalue weighted by atomic mass is 19.1. The Morgan fingerprint density at radius 3 is 2.60 bits per heavy atom. The maximum Gasteiger partial charge on any atom is 0.325 e. The number of urea groups is 1. The van der Waals surface area contributed by atoms with Crippen molar-refractivity contribution in [1.29, 1.82) is 0 Å². The molecule has 0 spiro atoms.